The predicted molar refractivity (Wildman–Crippen MR) is 88.0 cm³/mol. The second kappa shape index (κ2) is 8.31. The lowest BCUT2D eigenvalue weighted by atomic mass is 9.70. The third-order valence-corrected chi connectivity index (χ3v) is 5.93. The van der Waals surface area contributed by atoms with E-state index in [0.29, 0.717) is 30.1 Å². The minimum Gasteiger partial charge on any atom is -0.393 e. The highest BCUT2D eigenvalue weighted by molar-refractivity contribution is 4.89. The van der Waals surface area contributed by atoms with Crippen molar-refractivity contribution in [2.75, 3.05) is 0 Å². The Hall–Kier alpha value is -0.590. The van der Waals surface area contributed by atoms with Crippen LogP contribution in [0.4, 0.5) is 0 Å². The topological polar surface area (TPSA) is 64.2 Å². The molecule has 3 nitrogen and oxygen atoms in total. The lowest BCUT2D eigenvalue weighted by molar-refractivity contribution is -0.00443. The Bertz CT molecular complexity index is 368. The molecular formula is C19H33NO2. The van der Waals surface area contributed by atoms with Gasteiger partial charge in [0.2, 0.25) is 0 Å². The van der Waals surface area contributed by atoms with Crippen LogP contribution in [0.25, 0.3) is 0 Å². The highest BCUT2D eigenvalue weighted by atomic mass is 16.3. The van der Waals surface area contributed by atoms with Crippen molar-refractivity contribution in [2.45, 2.75) is 83.8 Å². The maximum absolute atomic E-state index is 10.5. The summed E-state index contributed by atoms with van der Waals surface area (Å²) < 4.78 is 0. The van der Waals surface area contributed by atoms with Gasteiger partial charge < -0.3 is 10.2 Å². The second-order valence-corrected chi connectivity index (χ2v) is 8.21. The second-order valence-electron chi connectivity index (χ2n) is 8.21. The fourth-order valence-electron chi connectivity index (χ4n) is 5.01. The van der Waals surface area contributed by atoms with Crippen molar-refractivity contribution in [1.29, 1.82) is 5.26 Å². The van der Waals surface area contributed by atoms with E-state index in [1.54, 1.807) is 0 Å². The van der Waals surface area contributed by atoms with Crippen LogP contribution in [0.15, 0.2) is 0 Å². The van der Waals surface area contributed by atoms with E-state index in [1.165, 1.54) is 12.8 Å². The highest BCUT2D eigenvalue weighted by Gasteiger charge is 2.34. The van der Waals surface area contributed by atoms with Gasteiger partial charge in [-0.2, -0.15) is 5.26 Å². The predicted octanol–water partition coefficient (Wildman–Crippen LogP) is 3.89. The molecule has 7 atom stereocenters. The molecule has 0 aromatic rings. The van der Waals surface area contributed by atoms with Gasteiger partial charge in [0.05, 0.1) is 18.3 Å². The molecule has 0 heterocycles. The van der Waals surface area contributed by atoms with Gasteiger partial charge in [-0.05, 0) is 68.1 Å². The van der Waals surface area contributed by atoms with E-state index in [2.05, 4.69) is 19.9 Å². The quantitative estimate of drug-likeness (QED) is 0.810. The lowest BCUT2D eigenvalue weighted by Gasteiger charge is -2.38. The number of aliphatic hydroxyl groups excluding tert-OH is 2. The monoisotopic (exact) mass is 307 g/mol. The third kappa shape index (κ3) is 4.96. The Balaban J connectivity index is 1.76. The molecule has 4 unspecified atom stereocenters. The summed E-state index contributed by atoms with van der Waals surface area (Å²) in [5.74, 6) is 2.48. The molecule has 0 aromatic carbocycles. The van der Waals surface area contributed by atoms with Crippen molar-refractivity contribution in [1.82, 2.24) is 0 Å². The summed E-state index contributed by atoms with van der Waals surface area (Å²) in [5, 5.41) is 29.3. The maximum atomic E-state index is 10.5. The van der Waals surface area contributed by atoms with Crippen molar-refractivity contribution in [2.24, 2.45) is 29.6 Å². The van der Waals surface area contributed by atoms with Gasteiger partial charge in [-0.1, -0.05) is 26.7 Å². The van der Waals surface area contributed by atoms with Gasteiger partial charge in [0.15, 0.2) is 0 Å². The number of hydrogen-bond donors (Lipinski definition) is 2. The van der Waals surface area contributed by atoms with Crippen molar-refractivity contribution in [3.05, 3.63) is 0 Å². The van der Waals surface area contributed by atoms with Gasteiger partial charge in [-0.25, -0.2) is 0 Å². The number of nitriles is 1. The van der Waals surface area contributed by atoms with Crippen LogP contribution in [0.5, 0.6) is 0 Å². The Kier molecular flexibility index (Phi) is 6.71. The molecule has 0 saturated heterocycles. The molecule has 2 rings (SSSR count). The highest BCUT2D eigenvalue weighted by Crippen LogP contribution is 2.39. The first-order valence-corrected chi connectivity index (χ1v) is 9.22. The van der Waals surface area contributed by atoms with Crippen molar-refractivity contribution in [3.63, 3.8) is 0 Å². The molecule has 126 valence electrons. The molecule has 0 aromatic heterocycles. The zero-order valence-electron chi connectivity index (χ0n) is 14.2. The van der Waals surface area contributed by atoms with Crippen molar-refractivity contribution >= 4 is 0 Å². The number of rotatable bonds is 5. The SMILES string of the molecule is C[C@H]1CC(CC#N)[C@@H](O)C(CCCC2CC(O)C[C@@H](C)C2)C1. The first-order chi connectivity index (χ1) is 10.5. The molecule has 2 fully saturated rings. The number of hydrogen-bond acceptors (Lipinski definition) is 3. The first-order valence-electron chi connectivity index (χ1n) is 9.22. The summed E-state index contributed by atoms with van der Waals surface area (Å²) in [6, 6.07) is 2.24. The zero-order valence-corrected chi connectivity index (χ0v) is 14.2. The Labute approximate surface area is 135 Å². The van der Waals surface area contributed by atoms with Crippen LogP contribution in [0.3, 0.4) is 0 Å². The summed E-state index contributed by atoms with van der Waals surface area (Å²) in [6.07, 6.45) is 8.79. The first kappa shape index (κ1) is 17.8. The minimum atomic E-state index is -0.285. The molecule has 2 aliphatic rings. The molecular weight excluding hydrogens is 274 g/mol. The Morgan fingerprint density at radius 2 is 1.59 bits per heavy atom. The molecule has 0 spiro atoms. The molecule has 2 N–H and O–H groups in total. The Morgan fingerprint density at radius 3 is 2.27 bits per heavy atom. The van der Waals surface area contributed by atoms with Crippen molar-refractivity contribution in [3.8, 4) is 6.07 Å². The molecule has 22 heavy (non-hydrogen) atoms. The van der Waals surface area contributed by atoms with E-state index >= 15 is 0 Å². The van der Waals surface area contributed by atoms with E-state index in [0.717, 1.165) is 38.5 Å². The summed E-state index contributed by atoms with van der Waals surface area (Å²) in [5.41, 5.74) is 0. The average molecular weight is 307 g/mol. The summed E-state index contributed by atoms with van der Waals surface area (Å²) in [7, 11) is 0. The van der Waals surface area contributed by atoms with Gasteiger partial charge in [0.1, 0.15) is 0 Å². The van der Waals surface area contributed by atoms with Crippen LogP contribution in [0.2, 0.25) is 0 Å². The van der Waals surface area contributed by atoms with Crippen LogP contribution < -0.4 is 0 Å². The van der Waals surface area contributed by atoms with Gasteiger partial charge in [-0.3, -0.25) is 0 Å². The Morgan fingerprint density at radius 1 is 0.909 bits per heavy atom. The average Bonchev–Trinajstić information content (AvgIpc) is 2.43. The van der Waals surface area contributed by atoms with E-state index in [1.807, 2.05) is 0 Å². The largest absolute Gasteiger partial charge is 0.393 e. The smallest absolute Gasteiger partial charge is 0.0625 e. The van der Waals surface area contributed by atoms with E-state index < -0.39 is 0 Å². The normalized spacial score (nSPS) is 42.8. The van der Waals surface area contributed by atoms with E-state index in [9.17, 15) is 10.2 Å². The molecule has 0 bridgehead atoms. The van der Waals surface area contributed by atoms with Crippen LogP contribution in [0.1, 0.15) is 71.6 Å². The van der Waals surface area contributed by atoms with Crippen LogP contribution in [-0.4, -0.2) is 22.4 Å². The molecule has 3 heteroatoms. The van der Waals surface area contributed by atoms with E-state index in [4.69, 9.17) is 5.26 Å². The summed E-state index contributed by atoms with van der Waals surface area (Å²) in [4.78, 5) is 0. The molecule has 0 radical (unpaired) electrons. The van der Waals surface area contributed by atoms with Gasteiger partial charge >= 0.3 is 0 Å². The maximum Gasteiger partial charge on any atom is 0.0625 e. The van der Waals surface area contributed by atoms with Gasteiger partial charge in [-0.15, -0.1) is 0 Å². The number of aliphatic hydroxyl groups is 2. The summed E-state index contributed by atoms with van der Waals surface area (Å²) in [6.45, 7) is 4.50. The fourth-order valence-corrected chi connectivity index (χ4v) is 5.01. The van der Waals surface area contributed by atoms with Crippen LogP contribution in [0, 0.1) is 40.9 Å². The van der Waals surface area contributed by atoms with Gasteiger partial charge in [0, 0.05) is 6.42 Å². The minimum absolute atomic E-state index is 0.103. The van der Waals surface area contributed by atoms with Crippen molar-refractivity contribution < 1.29 is 10.2 Å². The molecule has 2 saturated carbocycles. The van der Waals surface area contributed by atoms with Crippen LogP contribution >= 0.6 is 0 Å². The fraction of sp³-hybridized carbons (Fsp3) is 0.947. The van der Waals surface area contributed by atoms with Crippen LogP contribution in [-0.2, 0) is 0 Å². The third-order valence-electron chi connectivity index (χ3n) is 5.93. The van der Waals surface area contributed by atoms with Gasteiger partial charge in [0.25, 0.3) is 0 Å². The lowest BCUT2D eigenvalue weighted by Crippen LogP contribution is -2.36. The molecule has 2 aliphatic carbocycles. The van der Waals surface area contributed by atoms with E-state index in [-0.39, 0.29) is 18.1 Å². The zero-order chi connectivity index (χ0) is 16.1. The molecule has 0 amide bonds. The standard InChI is InChI=1S/C19H33NO2/c1-13-8-15(12-18(21)11-13)4-3-5-16-9-14(2)10-17(6-7-20)19(16)22/h13-19,21-22H,3-6,8-12H2,1-2H3/t13-,14+,15?,16?,17?,18?,19-/m0/s1. The molecule has 0 aliphatic heterocycles. The summed E-state index contributed by atoms with van der Waals surface area (Å²) >= 11 is 0. The number of nitrogens with zero attached hydrogens (tertiary/aromatic N) is 1.